The number of nitrogens with one attached hydrogen (secondary N) is 1. The Balaban J connectivity index is 2.18. The van der Waals surface area contributed by atoms with Gasteiger partial charge in [-0.15, -0.1) is 0 Å². The Morgan fingerprint density at radius 2 is 2.24 bits per heavy atom. The molecule has 1 atom stereocenters. The average molecular weight is 236 g/mol. The van der Waals surface area contributed by atoms with E-state index in [9.17, 15) is 4.79 Å². The molecule has 1 saturated heterocycles. The van der Waals surface area contributed by atoms with Crippen LogP contribution in [-0.2, 0) is 4.79 Å². The predicted octanol–water partition coefficient (Wildman–Crippen LogP) is 0.0280. The van der Waals surface area contributed by atoms with Gasteiger partial charge in [0.05, 0.1) is 0 Å². The fourth-order valence-electron chi connectivity index (χ4n) is 1.99. The van der Waals surface area contributed by atoms with E-state index in [0.29, 0.717) is 5.92 Å². The van der Waals surface area contributed by atoms with Crippen LogP contribution in [0.2, 0.25) is 0 Å². The third-order valence-corrected chi connectivity index (χ3v) is 3.00. The normalized spacial score (nSPS) is 18.9. The molecule has 0 bridgehead atoms. The number of hydrogen-bond acceptors (Lipinski definition) is 5. The van der Waals surface area contributed by atoms with E-state index < -0.39 is 12.0 Å². The molecule has 0 radical (unpaired) electrons. The molecular formula is C11H16N4O2. The molecule has 1 aromatic heterocycles. The SMILES string of the molecule is NC(C(=O)O)c1nccc(C2CCNCC2)n1. The summed E-state index contributed by atoms with van der Waals surface area (Å²) in [5, 5.41) is 12.1. The Labute approximate surface area is 99.3 Å². The van der Waals surface area contributed by atoms with Crippen LogP contribution in [0.5, 0.6) is 0 Å². The van der Waals surface area contributed by atoms with Crippen molar-refractivity contribution in [2.45, 2.75) is 24.8 Å². The number of nitrogens with two attached hydrogens (primary N) is 1. The summed E-state index contributed by atoms with van der Waals surface area (Å²) >= 11 is 0. The van der Waals surface area contributed by atoms with E-state index in [4.69, 9.17) is 10.8 Å². The number of rotatable bonds is 3. The lowest BCUT2D eigenvalue weighted by atomic mass is 9.94. The first-order valence-electron chi connectivity index (χ1n) is 5.70. The zero-order valence-electron chi connectivity index (χ0n) is 9.47. The van der Waals surface area contributed by atoms with Gasteiger partial charge in [0.15, 0.2) is 11.9 Å². The highest BCUT2D eigenvalue weighted by atomic mass is 16.4. The van der Waals surface area contributed by atoms with Crippen LogP contribution in [0.3, 0.4) is 0 Å². The molecule has 2 heterocycles. The van der Waals surface area contributed by atoms with Gasteiger partial charge >= 0.3 is 5.97 Å². The van der Waals surface area contributed by atoms with Crippen LogP contribution in [0.25, 0.3) is 0 Å². The van der Waals surface area contributed by atoms with Crippen LogP contribution in [0.1, 0.15) is 36.3 Å². The Bertz CT molecular complexity index is 404. The maximum Gasteiger partial charge on any atom is 0.328 e. The van der Waals surface area contributed by atoms with Crippen LogP contribution >= 0.6 is 0 Å². The molecule has 92 valence electrons. The maximum absolute atomic E-state index is 10.8. The fraction of sp³-hybridized carbons (Fsp3) is 0.545. The molecule has 0 aliphatic carbocycles. The van der Waals surface area contributed by atoms with Crippen molar-refractivity contribution in [3.8, 4) is 0 Å². The topological polar surface area (TPSA) is 101 Å². The molecule has 1 aliphatic rings. The van der Waals surface area contributed by atoms with Crippen LogP contribution in [0.15, 0.2) is 12.3 Å². The summed E-state index contributed by atoms with van der Waals surface area (Å²) in [6.45, 7) is 1.93. The first-order chi connectivity index (χ1) is 8.18. The number of carboxylic acids is 1. The largest absolute Gasteiger partial charge is 0.480 e. The van der Waals surface area contributed by atoms with E-state index >= 15 is 0 Å². The zero-order chi connectivity index (χ0) is 12.3. The molecule has 6 nitrogen and oxygen atoms in total. The number of aliphatic carboxylic acids is 1. The number of hydrogen-bond donors (Lipinski definition) is 3. The minimum Gasteiger partial charge on any atom is -0.480 e. The summed E-state index contributed by atoms with van der Waals surface area (Å²) in [5.41, 5.74) is 6.40. The molecule has 17 heavy (non-hydrogen) atoms. The van der Waals surface area contributed by atoms with Crippen molar-refractivity contribution in [3.05, 3.63) is 23.8 Å². The van der Waals surface area contributed by atoms with Gasteiger partial charge in [0.2, 0.25) is 0 Å². The summed E-state index contributed by atoms with van der Waals surface area (Å²) in [6.07, 6.45) is 3.61. The average Bonchev–Trinajstić information content (AvgIpc) is 2.39. The molecule has 1 aromatic rings. The summed E-state index contributed by atoms with van der Waals surface area (Å²) in [4.78, 5) is 19.0. The third-order valence-electron chi connectivity index (χ3n) is 3.00. The first kappa shape index (κ1) is 11.9. The lowest BCUT2D eigenvalue weighted by Gasteiger charge is -2.22. The van der Waals surface area contributed by atoms with Crippen molar-refractivity contribution < 1.29 is 9.90 Å². The van der Waals surface area contributed by atoms with Crippen molar-refractivity contribution in [3.63, 3.8) is 0 Å². The molecule has 1 fully saturated rings. The fourth-order valence-corrected chi connectivity index (χ4v) is 1.99. The van der Waals surface area contributed by atoms with Gasteiger partial charge in [0.25, 0.3) is 0 Å². The van der Waals surface area contributed by atoms with Crippen LogP contribution in [0, 0.1) is 0 Å². The van der Waals surface area contributed by atoms with Gasteiger partial charge in [0.1, 0.15) is 0 Å². The van der Waals surface area contributed by atoms with E-state index in [0.717, 1.165) is 31.6 Å². The summed E-state index contributed by atoms with van der Waals surface area (Å²) < 4.78 is 0. The molecule has 6 heteroatoms. The molecule has 0 saturated carbocycles. The Hall–Kier alpha value is -1.53. The molecule has 1 aliphatic heterocycles. The van der Waals surface area contributed by atoms with Crippen LogP contribution < -0.4 is 11.1 Å². The first-order valence-corrected chi connectivity index (χ1v) is 5.70. The monoisotopic (exact) mass is 236 g/mol. The highest BCUT2D eigenvalue weighted by Crippen LogP contribution is 2.23. The molecule has 2 rings (SSSR count). The number of carbonyl (C=O) groups is 1. The molecule has 4 N–H and O–H groups in total. The van der Waals surface area contributed by atoms with Gasteiger partial charge in [-0.2, -0.15) is 0 Å². The summed E-state index contributed by atoms with van der Waals surface area (Å²) in [6, 6.07) is 0.699. The van der Waals surface area contributed by atoms with E-state index in [2.05, 4.69) is 15.3 Å². The second-order valence-electron chi connectivity index (χ2n) is 4.18. The predicted molar refractivity (Wildman–Crippen MR) is 61.4 cm³/mol. The second-order valence-corrected chi connectivity index (χ2v) is 4.18. The molecule has 0 amide bonds. The smallest absolute Gasteiger partial charge is 0.328 e. The molecular weight excluding hydrogens is 220 g/mol. The molecule has 1 unspecified atom stereocenters. The van der Waals surface area contributed by atoms with E-state index in [1.54, 1.807) is 6.20 Å². The molecule has 0 spiro atoms. The lowest BCUT2D eigenvalue weighted by Crippen LogP contribution is -2.28. The highest BCUT2D eigenvalue weighted by molar-refractivity contribution is 5.73. The number of nitrogens with zero attached hydrogens (tertiary/aromatic N) is 2. The Morgan fingerprint density at radius 1 is 1.53 bits per heavy atom. The Morgan fingerprint density at radius 3 is 2.88 bits per heavy atom. The van der Waals surface area contributed by atoms with Gasteiger partial charge in [-0.1, -0.05) is 0 Å². The summed E-state index contributed by atoms with van der Waals surface area (Å²) in [5.74, 6) is -0.542. The van der Waals surface area contributed by atoms with Gasteiger partial charge in [-0.05, 0) is 32.0 Å². The quantitative estimate of drug-likeness (QED) is 0.684. The highest BCUT2D eigenvalue weighted by Gasteiger charge is 2.21. The van der Waals surface area contributed by atoms with Gasteiger partial charge in [-0.25, -0.2) is 9.97 Å². The molecule has 0 aromatic carbocycles. The maximum atomic E-state index is 10.8. The standard InChI is InChI=1S/C11H16N4O2/c12-9(11(16)17)10-14-6-3-8(15-10)7-1-4-13-5-2-7/h3,6-7,9,13H,1-2,4-5,12H2,(H,16,17). The van der Waals surface area contributed by atoms with Crippen molar-refractivity contribution in [1.82, 2.24) is 15.3 Å². The minimum atomic E-state index is -1.14. The summed E-state index contributed by atoms with van der Waals surface area (Å²) in [7, 11) is 0. The number of piperidine rings is 1. The van der Waals surface area contributed by atoms with Gasteiger partial charge in [0, 0.05) is 17.8 Å². The second kappa shape index (κ2) is 5.20. The van der Waals surface area contributed by atoms with E-state index in [1.165, 1.54) is 0 Å². The Kier molecular flexibility index (Phi) is 3.65. The van der Waals surface area contributed by atoms with Crippen molar-refractivity contribution in [1.29, 1.82) is 0 Å². The van der Waals surface area contributed by atoms with Crippen molar-refractivity contribution in [2.75, 3.05) is 13.1 Å². The van der Waals surface area contributed by atoms with Crippen molar-refractivity contribution >= 4 is 5.97 Å². The van der Waals surface area contributed by atoms with E-state index in [-0.39, 0.29) is 5.82 Å². The van der Waals surface area contributed by atoms with Crippen LogP contribution in [0.4, 0.5) is 0 Å². The number of aromatic nitrogens is 2. The van der Waals surface area contributed by atoms with Crippen molar-refractivity contribution in [2.24, 2.45) is 5.73 Å². The minimum absolute atomic E-state index is 0.188. The third kappa shape index (κ3) is 2.78. The van der Waals surface area contributed by atoms with Gasteiger partial charge < -0.3 is 16.2 Å². The van der Waals surface area contributed by atoms with Crippen LogP contribution in [-0.4, -0.2) is 34.1 Å². The number of carboxylic acid groups (broad SMARTS) is 1. The van der Waals surface area contributed by atoms with E-state index in [1.807, 2.05) is 6.07 Å². The van der Waals surface area contributed by atoms with Gasteiger partial charge in [-0.3, -0.25) is 4.79 Å². The zero-order valence-corrected chi connectivity index (χ0v) is 9.47. The lowest BCUT2D eigenvalue weighted by molar-refractivity contribution is -0.138.